The molecule has 1 saturated heterocycles. The van der Waals surface area contributed by atoms with Crippen molar-refractivity contribution in [3.05, 3.63) is 0 Å². The first-order valence-electron chi connectivity index (χ1n) is 6.62. The number of methoxy groups -OCH3 is 1. The van der Waals surface area contributed by atoms with E-state index in [9.17, 15) is 0 Å². The summed E-state index contributed by atoms with van der Waals surface area (Å²) in [6.45, 7) is 1.84. The molecule has 0 aromatic carbocycles. The van der Waals surface area contributed by atoms with Gasteiger partial charge in [-0.3, -0.25) is 0 Å². The standard InChI is InChI=1S/C13H25NO2/c1-14-12(11-6-5-9-16-10-11)13(15-2)7-3-4-8-13/h11-12,14H,3-10H2,1-2H3. The lowest BCUT2D eigenvalue weighted by Gasteiger charge is -2.42. The molecular weight excluding hydrogens is 202 g/mol. The molecule has 2 fully saturated rings. The van der Waals surface area contributed by atoms with Gasteiger partial charge in [0.25, 0.3) is 0 Å². The van der Waals surface area contributed by atoms with Gasteiger partial charge in [0, 0.05) is 25.7 Å². The fraction of sp³-hybridized carbons (Fsp3) is 1.00. The maximum absolute atomic E-state index is 5.89. The molecule has 2 rings (SSSR count). The van der Waals surface area contributed by atoms with Gasteiger partial charge < -0.3 is 14.8 Å². The number of likely N-dealkylation sites (N-methyl/N-ethyl adjacent to an activating group) is 1. The van der Waals surface area contributed by atoms with Crippen molar-refractivity contribution in [3.63, 3.8) is 0 Å². The Kier molecular flexibility index (Phi) is 4.22. The first-order valence-corrected chi connectivity index (χ1v) is 6.62. The van der Waals surface area contributed by atoms with Crippen molar-refractivity contribution >= 4 is 0 Å². The molecule has 94 valence electrons. The molecule has 0 bridgehead atoms. The minimum absolute atomic E-state index is 0.0696. The highest BCUT2D eigenvalue weighted by Crippen LogP contribution is 2.39. The van der Waals surface area contributed by atoms with Gasteiger partial charge in [0.1, 0.15) is 0 Å². The van der Waals surface area contributed by atoms with Crippen LogP contribution < -0.4 is 5.32 Å². The van der Waals surface area contributed by atoms with Crippen LogP contribution in [0.15, 0.2) is 0 Å². The molecule has 2 unspecified atom stereocenters. The molecule has 0 spiro atoms. The van der Waals surface area contributed by atoms with E-state index in [0.717, 1.165) is 13.2 Å². The van der Waals surface area contributed by atoms with Crippen LogP contribution in [0.5, 0.6) is 0 Å². The second-order valence-electron chi connectivity index (χ2n) is 5.22. The highest BCUT2D eigenvalue weighted by molar-refractivity contribution is 4.99. The second-order valence-corrected chi connectivity index (χ2v) is 5.22. The monoisotopic (exact) mass is 227 g/mol. The lowest BCUT2D eigenvalue weighted by Crippen LogP contribution is -2.55. The number of rotatable bonds is 4. The Balaban J connectivity index is 2.06. The second kappa shape index (κ2) is 5.48. The summed E-state index contributed by atoms with van der Waals surface area (Å²) in [7, 11) is 3.94. The van der Waals surface area contributed by atoms with Crippen LogP contribution in [-0.4, -0.2) is 39.0 Å². The summed E-state index contributed by atoms with van der Waals surface area (Å²) in [5.41, 5.74) is 0.0696. The van der Waals surface area contributed by atoms with Crippen molar-refractivity contribution in [1.82, 2.24) is 5.32 Å². The molecule has 2 atom stereocenters. The smallest absolute Gasteiger partial charge is 0.0834 e. The van der Waals surface area contributed by atoms with E-state index >= 15 is 0 Å². The Bertz CT molecular complexity index is 208. The molecule has 1 N–H and O–H groups in total. The number of nitrogens with one attached hydrogen (secondary N) is 1. The van der Waals surface area contributed by atoms with Gasteiger partial charge in [-0.2, -0.15) is 0 Å². The summed E-state index contributed by atoms with van der Waals surface area (Å²) in [5, 5.41) is 3.50. The van der Waals surface area contributed by atoms with Gasteiger partial charge in [-0.1, -0.05) is 12.8 Å². The van der Waals surface area contributed by atoms with Crippen LogP contribution in [0, 0.1) is 5.92 Å². The van der Waals surface area contributed by atoms with E-state index in [1.807, 2.05) is 7.11 Å². The van der Waals surface area contributed by atoms with Crippen molar-refractivity contribution in [2.75, 3.05) is 27.4 Å². The zero-order chi connectivity index (χ0) is 11.4. The quantitative estimate of drug-likeness (QED) is 0.796. The molecule has 3 nitrogen and oxygen atoms in total. The zero-order valence-corrected chi connectivity index (χ0v) is 10.6. The Morgan fingerprint density at radius 3 is 2.56 bits per heavy atom. The van der Waals surface area contributed by atoms with Gasteiger partial charge >= 0.3 is 0 Å². The molecule has 0 radical (unpaired) electrons. The average molecular weight is 227 g/mol. The number of ether oxygens (including phenoxy) is 2. The maximum atomic E-state index is 5.89. The summed E-state index contributed by atoms with van der Waals surface area (Å²) in [4.78, 5) is 0. The van der Waals surface area contributed by atoms with Crippen LogP contribution in [0.3, 0.4) is 0 Å². The SMILES string of the molecule is CNC(C1CCCOC1)C1(OC)CCCC1. The van der Waals surface area contributed by atoms with Gasteiger partial charge in [0.2, 0.25) is 0 Å². The minimum atomic E-state index is 0.0696. The summed E-state index contributed by atoms with van der Waals surface area (Å²) < 4.78 is 11.5. The third-order valence-electron chi connectivity index (χ3n) is 4.40. The summed E-state index contributed by atoms with van der Waals surface area (Å²) in [6, 6.07) is 0.459. The van der Waals surface area contributed by atoms with Crippen LogP contribution in [0.2, 0.25) is 0 Å². The van der Waals surface area contributed by atoms with E-state index in [1.54, 1.807) is 0 Å². The molecule has 1 aliphatic heterocycles. The Hall–Kier alpha value is -0.120. The molecule has 1 aliphatic carbocycles. The van der Waals surface area contributed by atoms with E-state index in [-0.39, 0.29) is 5.60 Å². The molecular formula is C13H25NO2. The highest BCUT2D eigenvalue weighted by atomic mass is 16.5. The Morgan fingerprint density at radius 1 is 1.31 bits per heavy atom. The predicted octanol–water partition coefficient (Wildman–Crippen LogP) is 1.96. The number of hydrogen-bond donors (Lipinski definition) is 1. The van der Waals surface area contributed by atoms with Crippen LogP contribution in [0.4, 0.5) is 0 Å². The van der Waals surface area contributed by atoms with E-state index in [1.165, 1.54) is 38.5 Å². The fourth-order valence-electron chi connectivity index (χ4n) is 3.57. The van der Waals surface area contributed by atoms with Crippen molar-refractivity contribution in [1.29, 1.82) is 0 Å². The lowest BCUT2D eigenvalue weighted by atomic mass is 9.80. The molecule has 2 aliphatic rings. The van der Waals surface area contributed by atoms with Crippen LogP contribution in [0.1, 0.15) is 38.5 Å². The summed E-state index contributed by atoms with van der Waals surface area (Å²) in [6.07, 6.45) is 7.48. The molecule has 1 heterocycles. The van der Waals surface area contributed by atoms with E-state index in [0.29, 0.717) is 12.0 Å². The first-order chi connectivity index (χ1) is 7.82. The van der Waals surface area contributed by atoms with Gasteiger partial charge in [-0.25, -0.2) is 0 Å². The van der Waals surface area contributed by atoms with E-state index in [2.05, 4.69) is 12.4 Å². The average Bonchev–Trinajstić information content (AvgIpc) is 2.81. The predicted molar refractivity (Wildman–Crippen MR) is 64.6 cm³/mol. The van der Waals surface area contributed by atoms with Gasteiger partial charge in [0.05, 0.1) is 12.2 Å². The lowest BCUT2D eigenvalue weighted by molar-refractivity contribution is -0.0726. The third-order valence-corrected chi connectivity index (χ3v) is 4.40. The largest absolute Gasteiger partial charge is 0.381 e. The normalized spacial score (nSPS) is 31.5. The van der Waals surface area contributed by atoms with Crippen LogP contribution in [0.25, 0.3) is 0 Å². The van der Waals surface area contributed by atoms with Crippen molar-refractivity contribution in [3.8, 4) is 0 Å². The topological polar surface area (TPSA) is 30.5 Å². The molecule has 0 aromatic rings. The molecule has 0 amide bonds. The van der Waals surface area contributed by atoms with E-state index in [4.69, 9.17) is 9.47 Å². The first kappa shape index (κ1) is 12.3. The maximum Gasteiger partial charge on any atom is 0.0834 e. The highest BCUT2D eigenvalue weighted by Gasteiger charge is 2.44. The molecule has 3 heteroatoms. The van der Waals surface area contributed by atoms with Crippen molar-refractivity contribution < 1.29 is 9.47 Å². The molecule has 0 aromatic heterocycles. The van der Waals surface area contributed by atoms with Crippen molar-refractivity contribution in [2.24, 2.45) is 5.92 Å². The minimum Gasteiger partial charge on any atom is -0.381 e. The van der Waals surface area contributed by atoms with E-state index < -0.39 is 0 Å². The Morgan fingerprint density at radius 2 is 2.06 bits per heavy atom. The van der Waals surface area contributed by atoms with Gasteiger partial charge in [-0.05, 0) is 32.7 Å². The Labute approximate surface area is 98.9 Å². The third kappa shape index (κ3) is 2.27. The molecule has 1 saturated carbocycles. The zero-order valence-electron chi connectivity index (χ0n) is 10.6. The fourth-order valence-corrected chi connectivity index (χ4v) is 3.57. The van der Waals surface area contributed by atoms with Crippen molar-refractivity contribution in [2.45, 2.75) is 50.2 Å². The summed E-state index contributed by atoms with van der Waals surface area (Å²) >= 11 is 0. The number of hydrogen-bond acceptors (Lipinski definition) is 3. The van der Waals surface area contributed by atoms with Crippen LogP contribution >= 0.6 is 0 Å². The van der Waals surface area contributed by atoms with Crippen LogP contribution in [-0.2, 0) is 9.47 Å². The summed E-state index contributed by atoms with van der Waals surface area (Å²) in [5.74, 6) is 0.622. The van der Waals surface area contributed by atoms with Gasteiger partial charge in [-0.15, -0.1) is 0 Å². The molecule has 16 heavy (non-hydrogen) atoms. The van der Waals surface area contributed by atoms with Gasteiger partial charge in [0.15, 0.2) is 0 Å².